The lowest BCUT2D eigenvalue weighted by Gasteiger charge is -2.20. The largest absolute Gasteiger partial charge is 0.330 e. The highest BCUT2D eigenvalue weighted by atomic mass is 79.9. The van der Waals surface area contributed by atoms with E-state index in [1.54, 1.807) is 11.3 Å². The monoisotopic (exact) mass is 324 g/mol. The summed E-state index contributed by atoms with van der Waals surface area (Å²) in [6.45, 7) is 5.02. The SMILES string of the molecule is CC(C)(CN)Cc1nc(-c2ccccc2Br)cs1. The van der Waals surface area contributed by atoms with Crippen LogP contribution in [0.4, 0.5) is 0 Å². The first-order chi connectivity index (χ1) is 8.52. The molecule has 2 aromatic rings. The van der Waals surface area contributed by atoms with Gasteiger partial charge in [-0.05, 0) is 18.0 Å². The molecule has 1 heterocycles. The van der Waals surface area contributed by atoms with E-state index in [1.165, 1.54) is 0 Å². The molecule has 0 radical (unpaired) electrons. The molecule has 0 aliphatic carbocycles. The second-order valence-corrected chi connectivity index (χ2v) is 6.95. The van der Waals surface area contributed by atoms with Gasteiger partial charge in [0.25, 0.3) is 0 Å². The van der Waals surface area contributed by atoms with Gasteiger partial charge in [-0.15, -0.1) is 11.3 Å². The standard InChI is InChI=1S/C14H17BrN2S/c1-14(2,9-16)7-13-17-12(8-18-13)10-5-3-4-6-11(10)15/h3-6,8H,7,9,16H2,1-2H3. The summed E-state index contributed by atoms with van der Waals surface area (Å²) in [5.74, 6) is 0. The number of benzene rings is 1. The van der Waals surface area contributed by atoms with Gasteiger partial charge >= 0.3 is 0 Å². The topological polar surface area (TPSA) is 38.9 Å². The molecule has 0 saturated heterocycles. The first-order valence-electron chi connectivity index (χ1n) is 5.91. The van der Waals surface area contributed by atoms with E-state index in [-0.39, 0.29) is 5.41 Å². The van der Waals surface area contributed by atoms with Gasteiger partial charge in [-0.3, -0.25) is 0 Å². The molecular formula is C14H17BrN2S. The Morgan fingerprint density at radius 3 is 2.72 bits per heavy atom. The molecule has 2 nitrogen and oxygen atoms in total. The summed E-state index contributed by atoms with van der Waals surface area (Å²) in [5, 5.41) is 3.26. The minimum atomic E-state index is 0.114. The van der Waals surface area contributed by atoms with E-state index in [2.05, 4.69) is 41.2 Å². The van der Waals surface area contributed by atoms with E-state index < -0.39 is 0 Å². The van der Waals surface area contributed by atoms with Crippen LogP contribution in [-0.4, -0.2) is 11.5 Å². The zero-order valence-corrected chi connectivity index (χ0v) is 13.0. The van der Waals surface area contributed by atoms with Crippen LogP contribution in [0.15, 0.2) is 34.1 Å². The molecule has 0 aliphatic rings. The smallest absolute Gasteiger partial charge is 0.0938 e. The van der Waals surface area contributed by atoms with E-state index in [9.17, 15) is 0 Å². The number of rotatable bonds is 4. The Hall–Kier alpha value is -0.710. The summed E-state index contributed by atoms with van der Waals surface area (Å²) in [6, 6.07) is 8.16. The summed E-state index contributed by atoms with van der Waals surface area (Å²) < 4.78 is 1.08. The fraction of sp³-hybridized carbons (Fsp3) is 0.357. The van der Waals surface area contributed by atoms with Gasteiger partial charge in [0.15, 0.2) is 0 Å². The van der Waals surface area contributed by atoms with E-state index in [0.717, 1.165) is 27.2 Å². The summed E-state index contributed by atoms with van der Waals surface area (Å²) in [7, 11) is 0. The number of halogens is 1. The molecule has 2 N–H and O–H groups in total. The van der Waals surface area contributed by atoms with Crippen LogP contribution in [0.1, 0.15) is 18.9 Å². The quantitative estimate of drug-likeness (QED) is 0.919. The normalized spacial score (nSPS) is 11.8. The number of nitrogens with two attached hydrogens (primary N) is 1. The van der Waals surface area contributed by atoms with Crippen molar-refractivity contribution in [2.75, 3.05) is 6.54 Å². The zero-order valence-electron chi connectivity index (χ0n) is 10.6. The van der Waals surface area contributed by atoms with E-state index in [0.29, 0.717) is 6.54 Å². The van der Waals surface area contributed by atoms with Crippen LogP contribution in [-0.2, 0) is 6.42 Å². The zero-order chi connectivity index (χ0) is 13.2. The lowest BCUT2D eigenvalue weighted by molar-refractivity contribution is 0.376. The van der Waals surface area contributed by atoms with Crippen molar-refractivity contribution in [2.45, 2.75) is 20.3 Å². The number of aromatic nitrogens is 1. The first kappa shape index (κ1) is 13.7. The van der Waals surface area contributed by atoms with Crippen molar-refractivity contribution < 1.29 is 0 Å². The van der Waals surface area contributed by atoms with Crippen LogP contribution in [0, 0.1) is 5.41 Å². The second kappa shape index (κ2) is 5.51. The van der Waals surface area contributed by atoms with Crippen molar-refractivity contribution in [1.82, 2.24) is 4.98 Å². The predicted octanol–water partition coefficient (Wildman–Crippen LogP) is 4.10. The number of hydrogen-bond acceptors (Lipinski definition) is 3. The molecule has 0 aliphatic heterocycles. The van der Waals surface area contributed by atoms with Gasteiger partial charge in [-0.1, -0.05) is 48.0 Å². The maximum atomic E-state index is 5.77. The third-order valence-electron chi connectivity index (χ3n) is 2.88. The molecule has 0 spiro atoms. The van der Waals surface area contributed by atoms with Crippen LogP contribution in [0.5, 0.6) is 0 Å². The van der Waals surface area contributed by atoms with Gasteiger partial charge in [-0.25, -0.2) is 4.98 Å². The van der Waals surface area contributed by atoms with Crippen molar-refractivity contribution in [2.24, 2.45) is 11.1 Å². The van der Waals surface area contributed by atoms with Crippen molar-refractivity contribution in [3.63, 3.8) is 0 Å². The summed E-state index contributed by atoms with van der Waals surface area (Å²) in [4.78, 5) is 4.71. The molecule has 0 fully saturated rings. The fourth-order valence-electron chi connectivity index (χ4n) is 1.67. The van der Waals surface area contributed by atoms with Crippen LogP contribution in [0.25, 0.3) is 11.3 Å². The highest BCUT2D eigenvalue weighted by Gasteiger charge is 2.18. The molecule has 1 aromatic carbocycles. The molecule has 0 atom stereocenters. The molecular weight excluding hydrogens is 308 g/mol. The van der Waals surface area contributed by atoms with Gasteiger partial charge in [0.05, 0.1) is 10.7 Å². The molecule has 1 aromatic heterocycles. The van der Waals surface area contributed by atoms with Crippen molar-refractivity contribution in [3.8, 4) is 11.3 Å². The minimum Gasteiger partial charge on any atom is -0.330 e. The lowest BCUT2D eigenvalue weighted by atomic mass is 9.90. The highest BCUT2D eigenvalue weighted by Crippen LogP contribution is 2.30. The molecule has 96 valence electrons. The van der Waals surface area contributed by atoms with E-state index in [1.807, 2.05) is 18.2 Å². The second-order valence-electron chi connectivity index (χ2n) is 5.15. The minimum absolute atomic E-state index is 0.114. The number of nitrogens with zero attached hydrogens (tertiary/aromatic N) is 1. The molecule has 0 unspecified atom stereocenters. The van der Waals surface area contributed by atoms with Crippen LogP contribution < -0.4 is 5.73 Å². The molecule has 4 heteroatoms. The third-order valence-corrected chi connectivity index (χ3v) is 4.42. The lowest BCUT2D eigenvalue weighted by Crippen LogP contribution is -2.25. The molecule has 18 heavy (non-hydrogen) atoms. The van der Waals surface area contributed by atoms with Gasteiger partial charge in [0.1, 0.15) is 0 Å². The molecule has 0 bridgehead atoms. The van der Waals surface area contributed by atoms with E-state index in [4.69, 9.17) is 10.7 Å². The number of hydrogen-bond donors (Lipinski definition) is 1. The maximum absolute atomic E-state index is 5.77. The fourth-order valence-corrected chi connectivity index (χ4v) is 3.21. The van der Waals surface area contributed by atoms with Crippen LogP contribution in [0.2, 0.25) is 0 Å². The van der Waals surface area contributed by atoms with Crippen LogP contribution >= 0.6 is 27.3 Å². The van der Waals surface area contributed by atoms with Crippen molar-refractivity contribution in [3.05, 3.63) is 39.1 Å². The van der Waals surface area contributed by atoms with Gasteiger partial charge in [-0.2, -0.15) is 0 Å². The Balaban J connectivity index is 2.24. The predicted molar refractivity (Wildman–Crippen MR) is 81.8 cm³/mol. The van der Waals surface area contributed by atoms with Crippen LogP contribution in [0.3, 0.4) is 0 Å². The Morgan fingerprint density at radius 2 is 2.06 bits per heavy atom. The van der Waals surface area contributed by atoms with Gasteiger partial charge in [0, 0.05) is 21.8 Å². The average Bonchev–Trinajstić information content (AvgIpc) is 2.77. The Kier molecular flexibility index (Phi) is 4.20. The van der Waals surface area contributed by atoms with Crippen molar-refractivity contribution in [1.29, 1.82) is 0 Å². The summed E-state index contributed by atoms with van der Waals surface area (Å²) >= 11 is 5.27. The van der Waals surface area contributed by atoms with Crippen molar-refractivity contribution >= 4 is 27.3 Å². The Morgan fingerprint density at radius 1 is 1.33 bits per heavy atom. The third kappa shape index (κ3) is 3.19. The Labute approximate surface area is 120 Å². The molecule has 2 rings (SSSR count). The number of thiazole rings is 1. The summed E-state index contributed by atoms with van der Waals surface area (Å²) in [6.07, 6.45) is 0.929. The average molecular weight is 325 g/mol. The van der Waals surface area contributed by atoms with Gasteiger partial charge < -0.3 is 5.73 Å². The molecule has 0 amide bonds. The Bertz CT molecular complexity index is 534. The summed E-state index contributed by atoms with van der Waals surface area (Å²) in [5.41, 5.74) is 8.06. The molecule has 0 saturated carbocycles. The van der Waals surface area contributed by atoms with E-state index >= 15 is 0 Å². The maximum Gasteiger partial charge on any atom is 0.0938 e. The first-order valence-corrected chi connectivity index (χ1v) is 7.58. The highest BCUT2D eigenvalue weighted by molar-refractivity contribution is 9.10. The van der Waals surface area contributed by atoms with Gasteiger partial charge in [0.2, 0.25) is 0 Å².